The topological polar surface area (TPSA) is 80.3 Å². The number of halogens is 1. The summed E-state index contributed by atoms with van der Waals surface area (Å²) in [4.78, 5) is 27.8. The number of thiazole rings is 1. The SMILES string of the molecule is CCC(=O)Nc1nc2ccc(NC(=O)COc3ccc(Cl)cc3)cc2s1. The third-order valence-corrected chi connectivity index (χ3v) is 4.61. The van der Waals surface area contributed by atoms with Crippen molar-refractivity contribution in [2.24, 2.45) is 0 Å². The summed E-state index contributed by atoms with van der Waals surface area (Å²) in [6.45, 7) is 1.67. The van der Waals surface area contributed by atoms with Gasteiger partial charge in [-0.1, -0.05) is 29.9 Å². The molecular formula is C18H16ClN3O3S. The minimum absolute atomic E-state index is 0.0862. The van der Waals surface area contributed by atoms with Gasteiger partial charge in [0, 0.05) is 17.1 Å². The molecule has 3 aromatic rings. The highest BCUT2D eigenvalue weighted by Gasteiger charge is 2.09. The molecule has 2 N–H and O–H groups in total. The highest BCUT2D eigenvalue weighted by Crippen LogP contribution is 2.28. The van der Waals surface area contributed by atoms with Crippen molar-refractivity contribution in [1.29, 1.82) is 0 Å². The Morgan fingerprint density at radius 2 is 1.88 bits per heavy atom. The van der Waals surface area contributed by atoms with Gasteiger partial charge in [0.2, 0.25) is 5.91 Å². The number of rotatable bonds is 6. The van der Waals surface area contributed by atoms with E-state index in [1.165, 1.54) is 11.3 Å². The molecule has 0 spiro atoms. The summed E-state index contributed by atoms with van der Waals surface area (Å²) in [5.74, 6) is 0.207. The summed E-state index contributed by atoms with van der Waals surface area (Å²) in [5, 5.41) is 6.66. The molecule has 0 aliphatic carbocycles. The molecule has 0 aliphatic heterocycles. The van der Waals surface area contributed by atoms with E-state index in [1.807, 2.05) is 6.07 Å². The molecule has 0 saturated heterocycles. The molecule has 0 aliphatic rings. The van der Waals surface area contributed by atoms with E-state index in [-0.39, 0.29) is 18.4 Å². The predicted octanol–water partition coefficient (Wildman–Crippen LogP) is 4.32. The maximum atomic E-state index is 12.0. The predicted molar refractivity (Wildman–Crippen MR) is 104 cm³/mol. The molecule has 6 nitrogen and oxygen atoms in total. The lowest BCUT2D eigenvalue weighted by atomic mass is 10.3. The Morgan fingerprint density at radius 1 is 1.12 bits per heavy atom. The number of carbonyl (C=O) groups excluding carboxylic acids is 2. The first-order chi connectivity index (χ1) is 12.5. The van der Waals surface area contributed by atoms with E-state index in [1.54, 1.807) is 43.3 Å². The maximum absolute atomic E-state index is 12.0. The van der Waals surface area contributed by atoms with Gasteiger partial charge in [0.15, 0.2) is 11.7 Å². The quantitative estimate of drug-likeness (QED) is 0.658. The Bertz CT molecular complexity index is 941. The van der Waals surface area contributed by atoms with Crippen LogP contribution in [0.5, 0.6) is 5.75 Å². The largest absolute Gasteiger partial charge is 0.484 e. The molecule has 0 bridgehead atoms. The van der Waals surface area contributed by atoms with Crippen LogP contribution in [0.2, 0.25) is 5.02 Å². The van der Waals surface area contributed by atoms with Crippen LogP contribution in [0.4, 0.5) is 10.8 Å². The molecule has 0 radical (unpaired) electrons. The summed E-state index contributed by atoms with van der Waals surface area (Å²) in [6, 6.07) is 12.2. The van der Waals surface area contributed by atoms with Gasteiger partial charge in [0.1, 0.15) is 5.75 Å². The van der Waals surface area contributed by atoms with Gasteiger partial charge in [-0.2, -0.15) is 0 Å². The number of carbonyl (C=O) groups is 2. The number of benzene rings is 2. The molecule has 0 atom stereocenters. The van der Waals surface area contributed by atoms with E-state index >= 15 is 0 Å². The fraction of sp³-hybridized carbons (Fsp3) is 0.167. The van der Waals surface area contributed by atoms with Crippen molar-refractivity contribution in [3.63, 3.8) is 0 Å². The van der Waals surface area contributed by atoms with Crippen molar-refractivity contribution < 1.29 is 14.3 Å². The number of nitrogens with zero attached hydrogens (tertiary/aromatic N) is 1. The fourth-order valence-corrected chi connectivity index (χ4v) is 3.19. The van der Waals surface area contributed by atoms with E-state index in [0.717, 1.165) is 10.2 Å². The molecule has 134 valence electrons. The van der Waals surface area contributed by atoms with E-state index < -0.39 is 0 Å². The Kier molecular flexibility index (Phi) is 5.70. The molecule has 0 saturated carbocycles. The average Bonchev–Trinajstić information content (AvgIpc) is 3.02. The van der Waals surface area contributed by atoms with E-state index in [0.29, 0.717) is 28.0 Å². The highest BCUT2D eigenvalue weighted by atomic mass is 35.5. The van der Waals surface area contributed by atoms with Gasteiger partial charge in [0.25, 0.3) is 5.91 Å². The van der Waals surface area contributed by atoms with Crippen LogP contribution in [-0.2, 0) is 9.59 Å². The van der Waals surface area contributed by atoms with E-state index in [4.69, 9.17) is 16.3 Å². The summed E-state index contributed by atoms with van der Waals surface area (Å²) in [5.41, 5.74) is 1.40. The second-order valence-corrected chi connectivity index (χ2v) is 6.86. The molecule has 3 rings (SSSR count). The number of fused-ring (bicyclic) bond motifs is 1. The fourth-order valence-electron chi connectivity index (χ4n) is 2.14. The van der Waals surface area contributed by atoms with Gasteiger partial charge < -0.3 is 15.4 Å². The summed E-state index contributed by atoms with van der Waals surface area (Å²) >= 11 is 7.16. The zero-order valence-corrected chi connectivity index (χ0v) is 15.5. The number of anilines is 2. The zero-order valence-electron chi connectivity index (χ0n) is 13.9. The van der Waals surface area contributed by atoms with Gasteiger partial charge in [-0.25, -0.2) is 4.98 Å². The zero-order chi connectivity index (χ0) is 18.5. The van der Waals surface area contributed by atoms with Crippen LogP contribution in [0.3, 0.4) is 0 Å². The van der Waals surface area contributed by atoms with Crippen LogP contribution in [0, 0.1) is 0 Å². The lowest BCUT2D eigenvalue weighted by Gasteiger charge is -2.07. The normalized spacial score (nSPS) is 10.5. The number of ether oxygens (including phenoxy) is 1. The number of amides is 2. The Hall–Kier alpha value is -2.64. The van der Waals surface area contributed by atoms with Crippen LogP contribution in [0.1, 0.15) is 13.3 Å². The third-order valence-electron chi connectivity index (χ3n) is 3.42. The number of aromatic nitrogens is 1. The number of hydrogen-bond donors (Lipinski definition) is 2. The van der Waals surface area contributed by atoms with Gasteiger partial charge in [-0.3, -0.25) is 9.59 Å². The molecule has 0 unspecified atom stereocenters. The Labute approximate surface area is 159 Å². The Morgan fingerprint density at radius 3 is 2.62 bits per heavy atom. The number of nitrogens with one attached hydrogen (secondary N) is 2. The summed E-state index contributed by atoms with van der Waals surface area (Å²) in [7, 11) is 0. The minimum atomic E-state index is -0.275. The van der Waals surface area contributed by atoms with Crippen LogP contribution >= 0.6 is 22.9 Å². The minimum Gasteiger partial charge on any atom is -0.484 e. The van der Waals surface area contributed by atoms with Crippen molar-refractivity contribution in [2.45, 2.75) is 13.3 Å². The number of hydrogen-bond acceptors (Lipinski definition) is 5. The van der Waals surface area contributed by atoms with Gasteiger partial charge >= 0.3 is 0 Å². The summed E-state index contributed by atoms with van der Waals surface area (Å²) in [6.07, 6.45) is 0.394. The molecule has 26 heavy (non-hydrogen) atoms. The van der Waals surface area contributed by atoms with Crippen LogP contribution in [0.15, 0.2) is 42.5 Å². The molecular weight excluding hydrogens is 374 g/mol. The van der Waals surface area contributed by atoms with Crippen LogP contribution in [-0.4, -0.2) is 23.4 Å². The monoisotopic (exact) mass is 389 g/mol. The van der Waals surface area contributed by atoms with Gasteiger partial charge in [-0.05, 0) is 42.5 Å². The smallest absolute Gasteiger partial charge is 0.262 e. The first-order valence-electron chi connectivity index (χ1n) is 7.92. The first-order valence-corrected chi connectivity index (χ1v) is 9.11. The van der Waals surface area contributed by atoms with Crippen molar-refractivity contribution in [3.8, 4) is 5.75 Å². The average molecular weight is 390 g/mol. The van der Waals surface area contributed by atoms with Crippen molar-refractivity contribution in [3.05, 3.63) is 47.5 Å². The Balaban J connectivity index is 1.61. The van der Waals surface area contributed by atoms with Crippen LogP contribution in [0.25, 0.3) is 10.2 Å². The molecule has 0 fully saturated rings. The maximum Gasteiger partial charge on any atom is 0.262 e. The van der Waals surface area contributed by atoms with Crippen molar-refractivity contribution in [2.75, 3.05) is 17.2 Å². The lowest BCUT2D eigenvalue weighted by molar-refractivity contribution is -0.118. The molecule has 1 heterocycles. The van der Waals surface area contributed by atoms with Gasteiger partial charge in [0.05, 0.1) is 10.2 Å². The highest BCUT2D eigenvalue weighted by molar-refractivity contribution is 7.22. The van der Waals surface area contributed by atoms with Crippen molar-refractivity contribution >= 4 is 55.8 Å². The summed E-state index contributed by atoms with van der Waals surface area (Å²) < 4.78 is 6.28. The van der Waals surface area contributed by atoms with E-state index in [9.17, 15) is 9.59 Å². The van der Waals surface area contributed by atoms with Crippen molar-refractivity contribution in [1.82, 2.24) is 4.98 Å². The van der Waals surface area contributed by atoms with Gasteiger partial charge in [-0.15, -0.1) is 0 Å². The molecule has 8 heteroatoms. The molecule has 2 aromatic carbocycles. The third kappa shape index (κ3) is 4.71. The van der Waals surface area contributed by atoms with E-state index in [2.05, 4.69) is 15.6 Å². The van der Waals surface area contributed by atoms with Crippen LogP contribution < -0.4 is 15.4 Å². The lowest BCUT2D eigenvalue weighted by Crippen LogP contribution is -2.20. The molecule has 2 amide bonds. The second kappa shape index (κ2) is 8.16. The standard InChI is InChI=1S/C18H16ClN3O3S/c1-2-16(23)22-18-21-14-8-5-12(9-15(14)26-18)20-17(24)10-25-13-6-3-11(19)4-7-13/h3-9H,2,10H2,1H3,(H,20,24)(H,21,22,23). The first kappa shape index (κ1) is 18.2. The molecule has 1 aromatic heterocycles. The second-order valence-electron chi connectivity index (χ2n) is 5.39.